The maximum absolute atomic E-state index is 13.5. The highest BCUT2D eigenvalue weighted by Crippen LogP contribution is 2.25. The average Bonchev–Trinajstić information content (AvgIpc) is 2.96. The van der Waals surface area contributed by atoms with Gasteiger partial charge in [0.15, 0.2) is 0 Å². The Morgan fingerprint density at radius 2 is 1.86 bits per heavy atom. The molecule has 4 rings (SSSR count). The number of benzene rings is 1. The molecule has 1 aromatic heterocycles. The summed E-state index contributed by atoms with van der Waals surface area (Å²) in [6.07, 6.45) is 4.04. The average molecular weight is 580 g/mol. The molecule has 11 nitrogen and oxygen atoms in total. The summed E-state index contributed by atoms with van der Waals surface area (Å²) in [5.41, 5.74) is 4.18. The number of hydrazine groups is 1. The first-order chi connectivity index (χ1) is 19.9. The first kappa shape index (κ1) is 31.1. The number of aromatic nitrogens is 1. The van der Waals surface area contributed by atoms with Crippen LogP contribution >= 0.6 is 0 Å². The number of nitrogens with one attached hydrogen (secondary N) is 3. The molecule has 42 heavy (non-hydrogen) atoms. The third kappa shape index (κ3) is 7.14. The number of esters is 1. The molecule has 2 aromatic rings. The Hall–Kier alpha value is -3.83. The third-order valence-corrected chi connectivity index (χ3v) is 7.65. The van der Waals surface area contributed by atoms with E-state index in [2.05, 4.69) is 16.1 Å². The van der Waals surface area contributed by atoms with Crippen molar-refractivity contribution in [2.45, 2.75) is 71.7 Å². The zero-order chi connectivity index (χ0) is 30.6. The Morgan fingerprint density at radius 1 is 1.12 bits per heavy atom. The zero-order valence-corrected chi connectivity index (χ0v) is 25.1. The van der Waals surface area contributed by atoms with Gasteiger partial charge in [-0.3, -0.25) is 24.2 Å². The van der Waals surface area contributed by atoms with Gasteiger partial charge in [0.25, 0.3) is 5.91 Å². The fourth-order valence-electron chi connectivity index (χ4n) is 4.95. The van der Waals surface area contributed by atoms with Gasteiger partial charge in [0.2, 0.25) is 11.8 Å². The number of methoxy groups -OCH3 is 1. The van der Waals surface area contributed by atoms with Crippen LogP contribution in [0, 0.1) is 11.3 Å². The van der Waals surface area contributed by atoms with Crippen LogP contribution in [0.15, 0.2) is 36.4 Å². The monoisotopic (exact) mass is 579 g/mol. The molecule has 2 unspecified atom stereocenters. The number of cyclic esters (lactones) is 1. The van der Waals surface area contributed by atoms with Crippen LogP contribution in [0.1, 0.15) is 64.8 Å². The standard InChI is InChI=1S/C31H41N5O6/c1-18(2)26-27(37)33-25(17-41-6)28(38)36-15-7-8-23(35-36)29(39)42-19(3)22-12-11-21-10-9-20(16-24(21)32-22)13-14-31(4,5)30(40)34-26/h9-14,16,18-19,23,25-26,35H,7-8,15,17H2,1-6H3,(H,33,37)(H,34,40)/b14-13+/t19-,23+,25?,26?/m1/s1. The molecule has 3 heterocycles. The number of carbonyl (C=O) groups is 4. The molecule has 3 N–H and O–H groups in total. The molecule has 11 heteroatoms. The van der Waals surface area contributed by atoms with Gasteiger partial charge in [-0.15, -0.1) is 0 Å². The van der Waals surface area contributed by atoms with E-state index in [9.17, 15) is 19.2 Å². The van der Waals surface area contributed by atoms with Gasteiger partial charge in [0, 0.05) is 19.0 Å². The summed E-state index contributed by atoms with van der Waals surface area (Å²) >= 11 is 0. The SMILES string of the molecule is COCC1NC(=O)C(C(C)C)NC(=O)C(C)(C)/C=C/c2ccc3ccc(nc3c2)[C@@H](C)OC(=O)[C@@H]2CCCN(N2)C1=O. The minimum atomic E-state index is -1.04. The molecule has 1 saturated heterocycles. The highest BCUT2D eigenvalue weighted by molar-refractivity contribution is 5.94. The summed E-state index contributed by atoms with van der Waals surface area (Å²) in [6.45, 7) is 9.19. The summed E-state index contributed by atoms with van der Waals surface area (Å²) in [6, 6.07) is 6.86. The Morgan fingerprint density at radius 3 is 2.57 bits per heavy atom. The third-order valence-electron chi connectivity index (χ3n) is 7.65. The van der Waals surface area contributed by atoms with E-state index in [1.807, 2.05) is 50.3 Å². The molecule has 1 fully saturated rings. The van der Waals surface area contributed by atoms with Crippen molar-refractivity contribution >= 4 is 40.7 Å². The van der Waals surface area contributed by atoms with E-state index in [0.29, 0.717) is 25.1 Å². The fourth-order valence-corrected chi connectivity index (χ4v) is 4.95. The summed E-state index contributed by atoms with van der Waals surface area (Å²) < 4.78 is 11.0. The van der Waals surface area contributed by atoms with Crippen molar-refractivity contribution in [3.8, 4) is 0 Å². The van der Waals surface area contributed by atoms with Crippen LogP contribution in [0.4, 0.5) is 0 Å². The second-order valence-electron chi connectivity index (χ2n) is 11.8. The number of ether oxygens (including phenoxy) is 2. The van der Waals surface area contributed by atoms with Crippen molar-refractivity contribution in [2.75, 3.05) is 20.3 Å². The van der Waals surface area contributed by atoms with E-state index in [-0.39, 0.29) is 18.4 Å². The van der Waals surface area contributed by atoms with Crippen LogP contribution in [0.5, 0.6) is 0 Å². The van der Waals surface area contributed by atoms with E-state index in [1.54, 1.807) is 26.8 Å². The van der Waals surface area contributed by atoms with Crippen molar-refractivity contribution in [1.82, 2.24) is 26.1 Å². The van der Waals surface area contributed by atoms with Crippen molar-refractivity contribution in [3.63, 3.8) is 0 Å². The molecular weight excluding hydrogens is 538 g/mol. The van der Waals surface area contributed by atoms with E-state index in [0.717, 1.165) is 16.5 Å². The van der Waals surface area contributed by atoms with E-state index >= 15 is 0 Å². The molecule has 3 amide bonds. The molecular formula is C31H41N5O6. The predicted molar refractivity (Wildman–Crippen MR) is 158 cm³/mol. The Balaban J connectivity index is 1.72. The number of carbonyl (C=O) groups excluding carboxylic acids is 4. The van der Waals surface area contributed by atoms with Crippen LogP contribution < -0.4 is 16.1 Å². The second kappa shape index (κ2) is 13.0. The van der Waals surface area contributed by atoms with Gasteiger partial charge in [-0.2, -0.15) is 0 Å². The lowest BCUT2D eigenvalue weighted by molar-refractivity contribution is -0.157. The van der Waals surface area contributed by atoms with Crippen LogP contribution in [-0.2, 0) is 28.7 Å². The van der Waals surface area contributed by atoms with Gasteiger partial charge < -0.3 is 20.1 Å². The van der Waals surface area contributed by atoms with E-state index in [4.69, 9.17) is 14.5 Å². The fraction of sp³-hybridized carbons (Fsp3) is 0.516. The number of hydrogen-bond acceptors (Lipinski definition) is 8. The topological polar surface area (TPSA) is 139 Å². The molecule has 2 aliphatic rings. The molecule has 0 saturated carbocycles. The van der Waals surface area contributed by atoms with Gasteiger partial charge >= 0.3 is 5.97 Å². The number of rotatable bonds is 3. The van der Waals surface area contributed by atoms with Crippen LogP contribution in [-0.4, -0.2) is 72.1 Å². The highest BCUT2D eigenvalue weighted by Gasteiger charge is 2.36. The van der Waals surface area contributed by atoms with Gasteiger partial charge in [-0.05, 0) is 57.2 Å². The summed E-state index contributed by atoms with van der Waals surface area (Å²) in [7, 11) is 1.43. The number of hydrogen-bond donors (Lipinski definition) is 3. The second-order valence-corrected chi connectivity index (χ2v) is 11.8. The highest BCUT2D eigenvalue weighted by atomic mass is 16.5. The molecule has 0 aliphatic carbocycles. The number of pyridine rings is 1. The minimum Gasteiger partial charge on any atom is -0.455 e. The smallest absolute Gasteiger partial charge is 0.325 e. The molecule has 0 radical (unpaired) electrons. The number of fused-ring (bicyclic) bond motifs is 4. The van der Waals surface area contributed by atoms with Gasteiger partial charge in [-0.1, -0.05) is 44.2 Å². The lowest BCUT2D eigenvalue weighted by Gasteiger charge is -2.35. The zero-order valence-electron chi connectivity index (χ0n) is 25.1. The van der Waals surface area contributed by atoms with Gasteiger partial charge in [0.1, 0.15) is 24.2 Å². The van der Waals surface area contributed by atoms with Crippen LogP contribution in [0.25, 0.3) is 17.0 Å². The molecule has 0 spiro atoms. The van der Waals surface area contributed by atoms with Gasteiger partial charge in [-0.25, -0.2) is 10.4 Å². The Bertz CT molecular complexity index is 1370. The number of nitrogens with zero attached hydrogens (tertiary/aromatic N) is 2. The first-order valence-corrected chi connectivity index (χ1v) is 14.4. The van der Waals surface area contributed by atoms with Gasteiger partial charge in [0.05, 0.1) is 23.2 Å². The van der Waals surface area contributed by atoms with E-state index < -0.39 is 47.4 Å². The Kier molecular flexibility index (Phi) is 9.63. The molecule has 2 aliphatic heterocycles. The molecule has 5 bridgehead atoms. The molecule has 226 valence electrons. The number of amides is 3. The lowest BCUT2D eigenvalue weighted by atomic mass is 9.89. The largest absolute Gasteiger partial charge is 0.455 e. The minimum absolute atomic E-state index is 0.0888. The summed E-state index contributed by atoms with van der Waals surface area (Å²) in [4.78, 5) is 58.2. The van der Waals surface area contributed by atoms with Crippen molar-refractivity contribution < 1.29 is 28.7 Å². The van der Waals surface area contributed by atoms with Crippen molar-refractivity contribution in [2.24, 2.45) is 11.3 Å². The van der Waals surface area contributed by atoms with E-state index in [1.165, 1.54) is 12.1 Å². The molecule has 1 aromatic carbocycles. The molecule has 4 atom stereocenters. The quantitative estimate of drug-likeness (QED) is 0.472. The van der Waals surface area contributed by atoms with Crippen LogP contribution in [0.2, 0.25) is 0 Å². The maximum Gasteiger partial charge on any atom is 0.325 e. The predicted octanol–water partition coefficient (Wildman–Crippen LogP) is 2.66. The Labute approximate surface area is 246 Å². The first-order valence-electron chi connectivity index (χ1n) is 14.4. The van der Waals surface area contributed by atoms with Crippen molar-refractivity contribution in [3.05, 3.63) is 47.7 Å². The van der Waals surface area contributed by atoms with Crippen LogP contribution in [0.3, 0.4) is 0 Å². The summed E-state index contributed by atoms with van der Waals surface area (Å²) in [5, 5.41) is 7.88. The summed E-state index contributed by atoms with van der Waals surface area (Å²) in [5.74, 6) is -2.05. The lowest BCUT2D eigenvalue weighted by Crippen LogP contribution is -2.62. The normalized spacial score (nSPS) is 26.5. The maximum atomic E-state index is 13.5. The van der Waals surface area contributed by atoms with Crippen molar-refractivity contribution in [1.29, 1.82) is 0 Å².